The van der Waals surface area contributed by atoms with E-state index in [1.807, 2.05) is 30.0 Å². The molecule has 0 aromatic heterocycles. The number of hydrogen-bond acceptors (Lipinski definition) is 2. The number of nitrogen functional groups attached to an aromatic ring is 1. The molecule has 16 heavy (non-hydrogen) atoms. The normalized spacial score (nSPS) is 20.1. The van der Waals surface area contributed by atoms with E-state index in [-0.39, 0.29) is 5.91 Å². The standard InChI is InChI=1S/C13H18N2O/c1-9-6-7-15(8-9)13(16)11-4-3-5-12(14)10(11)2/h3-5,9H,6-8,14H2,1-2H3. The van der Waals surface area contributed by atoms with Crippen molar-refractivity contribution >= 4 is 11.6 Å². The summed E-state index contributed by atoms with van der Waals surface area (Å²) in [6.45, 7) is 5.82. The molecule has 2 N–H and O–H groups in total. The minimum atomic E-state index is 0.120. The Morgan fingerprint density at radius 2 is 2.25 bits per heavy atom. The van der Waals surface area contributed by atoms with Crippen molar-refractivity contribution in [1.29, 1.82) is 0 Å². The summed E-state index contributed by atoms with van der Waals surface area (Å²) in [7, 11) is 0. The van der Waals surface area contributed by atoms with E-state index in [9.17, 15) is 4.79 Å². The molecular weight excluding hydrogens is 200 g/mol. The lowest BCUT2D eigenvalue weighted by molar-refractivity contribution is 0.0787. The summed E-state index contributed by atoms with van der Waals surface area (Å²) in [5.74, 6) is 0.736. The smallest absolute Gasteiger partial charge is 0.254 e. The first kappa shape index (κ1) is 11.0. The zero-order chi connectivity index (χ0) is 11.7. The first-order valence-corrected chi connectivity index (χ1v) is 5.74. The number of rotatable bonds is 1. The lowest BCUT2D eigenvalue weighted by Crippen LogP contribution is -2.29. The fourth-order valence-corrected chi connectivity index (χ4v) is 2.18. The summed E-state index contributed by atoms with van der Waals surface area (Å²) in [5.41, 5.74) is 8.15. The second-order valence-electron chi connectivity index (χ2n) is 4.66. The maximum atomic E-state index is 12.2. The van der Waals surface area contributed by atoms with E-state index >= 15 is 0 Å². The highest BCUT2D eigenvalue weighted by Crippen LogP contribution is 2.21. The van der Waals surface area contributed by atoms with Gasteiger partial charge in [0.2, 0.25) is 0 Å². The van der Waals surface area contributed by atoms with E-state index < -0.39 is 0 Å². The number of carbonyl (C=O) groups excluding carboxylic acids is 1. The Kier molecular flexibility index (Phi) is 2.86. The molecule has 1 aromatic carbocycles. The summed E-state index contributed by atoms with van der Waals surface area (Å²) in [6.07, 6.45) is 1.10. The molecule has 1 amide bonds. The van der Waals surface area contributed by atoms with E-state index in [1.54, 1.807) is 0 Å². The number of carbonyl (C=O) groups is 1. The zero-order valence-corrected chi connectivity index (χ0v) is 9.86. The molecule has 1 fully saturated rings. The molecule has 2 rings (SSSR count). The van der Waals surface area contributed by atoms with Gasteiger partial charge in [-0.3, -0.25) is 4.79 Å². The van der Waals surface area contributed by atoms with Crippen LogP contribution in [0.1, 0.15) is 29.3 Å². The molecule has 1 atom stereocenters. The molecule has 1 aromatic rings. The van der Waals surface area contributed by atoms with Gasteiger partial charge in [0.1, 0.15) is 0 Å². The zero-order valence-electron chi connectivity index (χ0n) is 9.86. The monoisotopic (exact) mass is 218 g/mol. The van der Waals surface area contributed by atoms with Gasteiger partial charge in [0.05, 0.1) is 0 Å². The highest BCUT2D eigenvalue weighted by atomic mass is 16.2. The van der Waals surface area contributed by atoms with E-state index in [1.165, 1.54) is 0 Å². The molecule has 1 aliphatic rings. The number of benzene rings is 1. The van der Waals surface area contributed by atoms with Crippen LogP contribution >= 0.6 is 0 Å². The third-order valence-corrected chi connectivity index (χ3v) is 3.32. The van der Waals surface area contributed by atoms with Crippen LogP contribution in [0.5, 0.6) is 0 Å². The van der Waals surface area contributed by atoms with Crippen LogP contribution in [-0.4, -0.2) is 23.9 Å². The quantitative estimate of drug-likeness (QED) is 0.733. The Balaban J connectivity index is 2.24. The number of amides is 1. The van der Waals surface area contributed by atoms with Gasteiger partial charge in [-0.1, -0.05) is 13.0 Å². The Hall–Kier alpha value is -1.51. The number of anilines is 1. The maximum Gasteiger partial charge on any atom is 0.254 e. The van der Waals surface area contributed by atoms with Crippen LogP contribution in [0, 0.1) is 12.8 Å². The van der Waals surface area contributed by atoms with Crippen LogP contribution in [0.15, 0.2) is 18.2 Å². The average Bonchev–Trinajstić information content (AvgIpc) is 2.68. The molecule has 0 bridgehead atoms. The molecule has 0 aliphatic carbocycles. The van der Waals surface area contributed by atoms with Gasteiger partial charge in [0, 0.05) is 24.3 Å². The summed E-state index contributed by atoms with van der Waals surface area (Å²) in [6, 6.07) is 5.53. The van der Waals surface area contributed by atoms with Crippen LogP contribution in [0.4, 0.5) is 5.69 Å². The van der Waals surface area contributed by atoms with Crippen molar-refractivity contribution in [3.63, 3.8) is 0 Å². The van der Waals surface area contributed by atoms with Crippen molar-refractivity contribution in [3.8, 4) is 0 Å². The molecule has 3 nitrogen and oxygen atoms in total. The maximum absolute atomic E-state index is 12.2. The van der Waals surface area contributed by atoms with Gasteiger partial charge in [-0.15, -0.1) is 0 Å². The Morgan fingerprint density at radius 1 is 1.50 bits per heavy atom. The minimum Gasteiger partial charge on any atom is -0.398 e. The third kappa shape index (κ3) is 1.90. The van der Waals surface area contributed by atoms with Gasteiger partial charge in [-0.05, 0) is 37.0 Å². The summed E-state index contributed by atoms with van der Waals surface area (Å²) < 4.78 is 0. The van der Waals surface area contributed by atoms with Gasteiger partial charge in [0.15, 0.2) is 0 Å². The molecule has 1 unspecified atom stereocenters. The van der Waals surface area contributed by atoms with E-state index in [2.05, 4.69) is 6.92 Å². The highest BCUT2D eigenvalue weighted by molar-refractivity contribution is 5.97. The van der Waals surface area contributed by atoms with Crippen molar-refractivity contribution in [2.45, 2.75) is 20.3 Å². The summed E-state index contributed by atoms with van der Waals surface area (Å²) >= 11 is 0. The second kappa shape index (κ2) is 4.16. The van der Waals surface area contributed by atoms with Gasteiger partial charge in [-0.25, -0.2) is 0 Å². The van der Waals surface area contributed by atoms with E-state index in [0.717, 1.165) is 30.6 Å². The minimum absolute atomic E-state index is 0.120. The Labute approximate surface area is 96.2 Å². The fraction of sp³-hybridized carbons (Fsp3) is 0.462. The SMILES string of the molecule is Cc1c(N)cccc1C(=O)N1CCC(C)C1. The van der Waals surface area contributed by atoms with Crippen molar-refractivity contribution < 1.29 is 4.79 Å². The largest absolute Gasteiger partial charge is 0.398 e. The highest BCUT2D eigenvalue weighted by Gasteiger charge is 2.25. The summed E-state index contributed by atoms with van der Waals surface area (Å²) in [5, 5.41) is 0. The van der Waals surface area contributed by atoms with E-state index in [0.29, 0.717) is 11.6 Å². The van der Waals surface area contributed by atoms with Crippen LogP contribution in [-0.2, 0) is 0 Å². The van der Waals surface area contributed by atoms with Gasteiger partial charge < -0.3 is 10.6 Å². The molecule has 0 saturated carbocycles. The number of hydrogen-bond donors (Lipinski definition) is 1. The lowest BCUT2D eigenvalue weighted by atomic mass is 10.1. The molecule has 86 valence electrons. The first-order valence-electron chi connectivity index (χ1n) is 5.74. The number of likely N-dealkylation sites (tertiary alicyclic amines) is 1. The predicted octanol–water partition coefficient (Wildman–Crippen LogP) is 2.06. The van der Waals surface area contributed by atoms with Crippen molar-refractivity contribution in [1.82, 2.24) is 4.90 Å². The lowest BCUT2D eigenvalue weighted by Gasteiger charge is -2.17. The average molecular weight is 218 g/mol. The van der Waals surface area contributed by atoms with Crippen LogP contribution in [0.25, 0.3) is 0 Å². The van der Waals surface area contributed by atoms with Crippen LogP contribution in [0.3, 0.4) is 0 Å². The molecule has 1 heterocycles. The molecule has 1 aliphatic heterocycles. The number of nitrogens with two attached hydrogens (primary N) is 1. The van der Waals surface area contributed by atoms with Gasteiger partial charge >= 0.3 is 0 Å². The predicted molar refractivity (Wildman–Crippen MR) is 65.3 cm³/mol. The first-order chi connectivity index (χ1) is 7.59. The van der Waals surface area contributed by atoms with Gasteiger partial charge in [-0.2, -0.15) is 0 Å². The molecule has 1 saturated heterocycles. The van der Waals surface area contributed by atoms with Crippen molar-refractivity contribution in [3.05, 3.63) is 29.3 Å². The Bertz CT molecular complexity index is 414. The van der Waals surface area contributed by atoms with Gasteiger partial charge in [0.25, 0.3) is 5.91 Å². The fourth-order valence-electron chi connectivity index (χ4n) is 2.18. The van der Waals surface area contributed by atoms with Crippen molar-refractivity contribution in [2.24, 2.45) is 5.92 Å². The van der Waals surface area contributed by atoms with Crippen LogP contribution in [0.2, 0.25) is 0 Å². The van der Waals surface area contributed by atoms with E-state index in [4.69, 9.17) is 5.73 Å². The van der Waals surface area contributed by atoms with Crippen LogP contribution < -0.4 is 5.73 Å². The third-order valence-electron chi connectivity index (χ3n) is 3.32. The molecular formula is C13H18N2O. The molecule has 3 heteroatoms. The summed E-state index contributed by atoms with van der Waals surface area (Å²) in [4.78, 5) is 14.2. The topological polar surface area (TPSA) is 46.3 Å². The van der Waals surface area contributed by atoms with Crippen molar-refractivity contribution in [2.75, 3.05) is 18.8 Å². The Morgan fingerprint density at radius 3 is 2.88 bits per heavy atom. The molecule has 0 spiro atoms. The molecule has 0 radical (unpaired) electrons. The number of nitrogens with zero attached hydrogens (tertiary/aromatic N) is 1. The second-order valence-corrected chi connectivity index (χ2v) is 4.66.